The maximum absolute atomic E-state index is 12.7. The zero-order valence-electron chi connectivity index (χ0n) is 14.9. The number of halogens is 1. The molecule has 1 heterocycles. The summed E-state index contributed by atoms with van der Waals surface area (Å²) in [5.74, 6) is -0.187. The Morgan fingerprint density at radius 1 is 1.35 bits per heavy atom. The third-order valence-electron chi connectivity index (χ3n) is 4.97. The lowest BCUT2D eigenvalue weighted by atomic mass is 9.77. The molecule has 6 nitrogen and oxygen atoms in total. The second-order valence-corrected chi connectivity index (χ2v) is 7.30. The number of esters is 1. The second-order valence-electron chi connectivity index (χ2n) is 6.86. The molecule has 0 aliphatic heterocycles. The molecule has 1 N–H and O–H groups in total. The van der Waals surface area contributed by atoms with Crippen molar-refractivity contribution < 1.29 is 14.3 Å². The fraction of sp³-hybridized carbons (Fsp3) is 0.421. The number of hydrogen-bond acceptors (Lipinski definition) is 4. The van der Waals surface area contributed by atoms with Crippen molar-refractivity contribution in [3.05, 3.63) is 47.2 Å². The molecule has 7 heteroatoms. The van der Waals surface area contributed by atoms with E-state index < -0.39 is 5.54 Å². The number of benzene rings is 1. The molecule has 0 saturated heterocycles. The van der Waals surface area contributed by atoms with Crippen molar-refractivity contribution in [3.63, 3.8) is 0 Å². The fourth-order valence-electron chi connectivity index (χ4n) is 3.32. The molecule has 1 aromatic heterocycles. The summed E-state index contributed by atoms with van der Waals surface area (Å²) >= 11 is 6.00. The van der Waals surface area contributed by atoms with E-state index in [4.69, 9.17) is 16.3 Å². The first-order valence-corrected chi connectivity index (χ1v) is 9.03. The zero-order valence-corrected chi connectivity index (χ0v) is 15.6. The summed E-state index contributed by atoms with van der Waals surface area (Å²) in [7, 11) is 1.35. The molecule has 3 rings (SSSR count). The molecule has 1 aliphatic carbocycles. The fourth-order valence-corrected chi connectivity index (χ4v) is 3.50. The van der Waals surface area contributed by atoms with E-state index in [1.54, 1.807) is 23.0 Å². The van der Waals surface area contributed by atoms with E-state index in [2.05, 4.69) is 17.3 Å². The van der Waals surface area contributed by atoms with E-state index in [0.29, 0.717) is 29.3 Å². The number of hydrogen-bond donors (Lipinski definition) is 1. The molecule has 1 aliphatic rings. The molecule has 1 fully saturated rings. The van der Waals surface area contributed by atoms with Crippen LogP contribution in [0.5, 0.6) is 0 Å². The van der Waals surface area contributed by atoms with Crippen molar-refractivity contribution in [1.29, 1.82) is 0 Å². The summed E-state index contributed by atoms with van der Waals surface area (Å²) in [6.07, 6.45) is 6.00. The lowest BCUT2D eigenvalue weighted by molar-refractivity contribution is -0.150. The monoisotopic (exact) mass is 375 g/mol. The second kappa shape index (κ2) is 7.50. The van der Waals surface area contributed by atoms with Crippen molar-refractivity contribution in [2.24, 2.45) is 5.92 Å². The van der Waals surface area contributed by atoms with Gasteiger partial charge in [0.15, 0.2) is 0 Å². The number of ether oxygens (including phenoxy) is 1. The van der Waals surface area contributed by atoms with Crippen molar-refractivity contribution in [1.82, 2.24) is 15.1 Å². The third kappa shape index (κ3) is 3.75. The smallest absolute Gasteiger partial charge is 0.331 e. The van der Waals surface area contributed by atoms with Crippen LogP contribution in [-0.2, 0) is 9.53 Å². The van der Waals surface area contributed by atoms with Crippen molar-refractivity contribution in [3.8, 4) is 5.69 Å². The minimum atomic E-state index is -0.962. The summed E-state index contributed by atoms with van der Waals surface area (Å²) in [5, 5.41) is 7.71. The highest BCUT2D eigenvalue weighted by Gasteiger charge is 2.43. The predicted molar refractivity (Wildman–Crippen MR) is 98.4 cm³/mol. The Kier molecular flexibility index (Phi) is 5.32. The molecule has 0 unspecified atom stereocenters. The van der Waals surface area contributed by atoms with E-state index in [1.807, 2.05) is 12.1 Å². The summed E-state index contributed by atoms with van der Waals surface area (Å²) < 4.78 is 6.54. The molecule has 0 spiro atoms. The van der Waals surface area contributed by atoms with E-state index >= 15 is 0 Å². The van der Waals surface area contributed by atoms with E-state index in [9.17, 15) is 9.59 Å². The normalized spacial score (nSPS) is 22.7. The lowest BCUT2D eigenvalue weighted by Crippen LogP contribution is -2.56. The lowest BCUT2D eigenvalue weighted by Gasteiger charge is -2.37. The van der Waals surface area contributed by atoms with Gasteiger partial charge in [0.25, 0.3) is 5.91 Å². The summed E-state index contributed by atoms with van der Waals surface area (Å²) in [4.78, 5) is 25.1. The van der Waals surface area contributed by atoms with Gasteiger partial charge in [-0.1, -0.05) is 24.6 Å². The van der Waals surface area contributed by atoms with Gasteiger partial charge in [-0.2, -0.15) is 5.10 Å². The molecular weight excluding hydrogens is 354 g/mol. The number of amides is 1. The number of carbonyl (C=O) groups is 2. The highest BCUT2D eigenvalue weighted by Crippen LogP contribution is 2.33. The van der Waals surface area contributed by atoms with Gasteiger partial charge in [0, 0.05) is 11.2 Å². The molecule has 0 atom stereocenters. The van der Waals surface area contributed by atoms with Crippen LogP contribution >= 0.6 is 11.6 Å². The van der Waals surface area contributed by atoms with Crippen molar-refractivity contribution in [2.45, 2.75) is 38.1 Å². The van der Waals surface area contributed by atoms with Crippen LogP contribution in [0, 0.1) is 5.92 Å². The minimum Gasteiger partial charge on any atom is -0.467 e. The summed E-state index contributed by atoms with van der Waals surface area (Å²) in [6, 6.07) is 7.19. The van der Waals surface area contributed by atoms with Gasteiger partial charge in [-0.05, 0) is 49.8 Å². The standard InChI is InChI=1S/C19H22ClN3O3/c1-13-6-8-19(9-7-13,18(25)26-2)22-17(24)14-11-21-23(12-14)16-5-3-4-15(20)10-16/h3-5,10-13H,6-9H2,1-2H3,(H,22,24). The maximum atomic E-state index is 12.7. The number of nitrogens with zero attached hydrogens (tertiary/aromatic N) is 2. The Balaban J connectivity index is 1.79. The van der Waals surface area contributed by atoms with Crippen LogP contribution in [0.15, 0.2) is 36.7 Å². The number of carbonyl (C=O) groups excluding carboxylic acids is 2. The van der Waals surface area contributed by atoms with Crippen LogP contribution in [0.4, 0.5) is 0 Å². The maximum Gasteiger partial charge on any atom is 0.331 e. The van der Waals surface area contributed by atoms with Gasteiger partial charge in [0.2, 0.25) is 0 Å². The Morgan fingerprint density at radius 3 is 2.73 bits per heavy atom. The van der Waals surface area contributed by atoms with Crippen LogP contribution in [0.25, 0.3) is 5.69 Å². The van der Waals surface area contributed by atoms with Crippen LogP contribution in [-0.4, -0.2) is 34.3 Å². The summed E-state index contributed by atoms with van der Waals surface area (Å²) in [5.41, 5.74) is 0.175. The Labute approximate surface area is 157 Å². The van der Waals surface area contributed by atoms with Crippen LogP contribution in [0.2, 0.25) is 5.02 Å². The van der Waals surface area contributed by atoms with E-state index in [-0.39, 0.29) is 11.9 Å². The molecular formula is C19H22ClN3O3. The highest BCUT2D eigenvalue weighted by atomic mass is 35.5. The first-order valence-electron chi connectivity index (χ1n) is 8.65. The third-order valence-corrected chi connectivity index (χ3v) is 5.21. The van der Waals surface area contributed by atoms with Gasteiger partial charge in [-0.3, -0.25) is 4.79 Å². The van der Waals surface area contributed by atoms with Gasteiger partial charge in [-0.15, -0.1) is 0 Å². The minimum absolute atomic E-state index is 0.335. The van der Waals surface area contributed by atoms with Crippen molar-refractivity contribution >= 4 is 23.5 Å². The summed E-state index contributed by atoms with van der Waals surface area (Å²) in [6.45, 7) is 2.15. The predicted octanol–water partition coefficient (Wildman–Crippen LogP) is 3.38. The average molecular weight is 376 g/mol. The average Bonchev–Trinajstić information content (AvgIpc) is 3.13. The Hall–Kier alpha value is -2.34. The van der Waals surface area contributed by atoms with Crippen molar-refractivity contribution in [2.75, 3.05) is 7.11 Å². The molecule has 138 valence electrons. The first-order chi connectivity index (χ1) is 12.4. The van der Waals surface area contributed by atoms with Crippen LogP contribution in [0.3, 0.4) is 0 Å². The van der Waals surface area contributed by atoms with E-state index in [1.165, 1.54) is 13.3 Å². The number of nitrogens with one attached hydrogen (secondary N) is 1. The Morgan fingerprint density at radius 2 is 2.08 bits per heavy atom. The molecule has 0 radical (unpaired) electrons. The Bertz CT molecular complexity index is 810. The molecule has 26 heavy (non-hydrogen) atoms. The van der Waals surface area contributed by atoms with E-state index in [0.717, 1.165) is 18.5 Å². The number of aromatic nitrogens is 2. The van der Waals surface area contributed by atoms with Crippen LogP contribution < -0.4 is 5.32 Å². The quantitative estimate of drug-likeness (QED) is 0.831. The SMILES string of the molecule is COC(=O)C1(NC(=O)c2cnn(-c3cccc(Cl)c3)c2)CCC(C)CC1. The van der Waals surface area contributed by atoms with Gasteiger partial charge in [0.1, 0.15) is 5.54 Å². The number of rotatable bonds is 4. The van der Waals surface area contributed by atoms with Gasteiger partial charge >= 0.3 is 5.97 Å². The molecule has 1 amide bonds. The molecule has 0 bridgehead atoms. The van der Waals surface area contributed by atoms with Gasteiger partial charge in [-0.25, -0.2) is 9.48 Å². The van der Waals surface area contributed by atoms with Gasteiger partial charge < -0.3 is 10.1 Å². The molecule has 1 saturated carbocycles. The topological polar surface area (TPSA) is 73.2 Å². The molecule has 1 aromatic carbocycles. The number of methoxy groups -OCH3 is 1. The first kappa shape index (κ1) is 18.5. The van der Waals surface area contributed by atoms with Gasteiger partial charge in [0.05, 0.1) is 24.6 Å². The zero-order chi connectivity index (χ0) is 18.7. The highest BCUT2D eigenvalue weighted by molar-refractivity contribution is 6.30. The largest absolute Gasteiger partial charge is 0.467 e. The molecule has 2 aromatic rings. The van der Waals surface area contributed by atoms with Crippen LogP contribution in [0.1, 0.15) is 43.0 Å².